The number of anilines is 2. The molecule has 3 amide bonds. The van der Waals surface area contributed by atoms with Gasteiger partial charge in [-0.05, 0) is 50.2 Å². The number of hydrogen-bond donors (Lipinski definition) is 3. The number of hydrogen-bond acceptors (Lipinski definition) is 3. The Hall–Kier alpha value is -3.16. The van der Waals surface area contributed by atoms with Crippen LogP contribution >= 0.6 is 0 Å². The molecule has 0 spiro atoms. The summed E-state index contributed by atoms with van der Waals surface area (Å²) in [4.78, 5) is 23.4. The highest BCUT2D eigenvalue weighted by atomic mass is 19.1. The molecule has 0 saturated heterocycles. The highest BCUT2D eigenvalue weighted by molar-refractivity contribution is 5.93. The summed E-state index contributed by atoms with van der Waals surface area (Å²) in [6, 6.07) is 8.95. The lowest BCUT2D eigenvalue weighted by molar-refractivity contribution is -0.118. The fraction of sp³-hybridized carbons (Fsp3) is 0.222. The largest absolute Gasteiger partial charge is 0.481 e. The first-order valence-corrected chi connectivity index (χ1v) is 7.89. The monoisotopic (exact) mass is 363 g/mol. The Labute approximate surface area is 149 Å². The molecule has 2 aromatic rings. The van der Waals surface area contributed by atoms with Gasteiger partial charge in [0, 0.05) is 23.5 Å². The summed E-state index contributed by atoms with van der Waals surface area (Å²) in [5.74, 6) is -2.33. The van der Waals surface area contributed by atoms with Crippen molar-refractivity contribution in [2.75, 3.05) is 17.2 Å². The maximum Gasteiger partial charge on any atom is 0.319 e. The average Bonchev–Trinajstić information content (AvgIpc) is 2.55. The fourth-order valence-corrected chi connectivity index (χ4v) is 2.00. The minimum atomic E-state index is -0.882. The lowest BCUT2D eigenvalue weighted by Gasteiger charge is -2.11. The molecule has 2 aromatic carbocycles. The van der Waals surface area contributed by atoms with Crippen LogP contribution in [0.4, 0.5) is 25.0 Å². The predicted molar refractivity (Wildman–Crippen MR) is 94.2 cm³/mol. The standard InChI is InChI=1S/C18H19F2N3O3/c1-11(2)21-18(25)23-14-6-4-13(5-7-14)22-17(24)10-26-16-8-3-12(19)9-15(16)20/h3-9,11H,10H2,1-2H3,(H,22,24)(H2,21,23,25). The lowest BCUT2D eigenvalue weighted by Crippen LogP contribution is -2.34. The van der Waals surface area contributed by atoms with Gasteiger partial charge in [0.15, 0.2) is 18.2 Å². The van der Waals surface area contributed by atoms with Crippen molar-refractivity contribution in [3.05, 3.63) is 54.1 Å². The Morgan fingerprint density at radius 3 is 2.19 bits per heavy atom. The molecule has 0 unspecified atom stereocenters. The molecule has 8 heteroatoms. The van der Waals surface area contributed by atoms with Crippen molar-refractivity contribution in [3.8, 4) is 5.75 Å². The zero-order chi connectivity index (χ0) is 19.1. The summed E-state index contributed by atoms with van der Waals surface area (Å²) < 4.78 is 31.2. The summed E-state index contributed by atoms with van der Waals surface area (Å²) in [7, 11) is 0. The molecule has 138 valence electrons. The van der Waals surface area contributed by atoms with Crippen molar-refractivity contribution in [1.29, 1.82) is 0 Å². The molecule has 0 aliphatic rings. The quantitative estimate of drug-likeness (QED) is 0.735. The van der Waals surface area contributed by atoms with Gasteiger partial charge < -0.3 is 20.7 Å². The number of nitrogens with one attached hydrogen (secondary N) is 3. The first-order valence-electron chi connectivity index (χ1n) is 7.89. The van der Waals surface area contributed by atoms with E-state index in [9.17, 15) is 18.4 Å². The van der Waals surface area contributed by atoms with E-state index in [-0.39, 0.29) is 17.8 Å². The number of carbonyl (C=O) groups is 2. The summed E-state index contributed by atoms with van der Waals surface area (Å²) in [5.41, 5.74) is 1.04. The predicted octanol–water partition coefficient (Wildman–Crippen LogP) is 3.51. The van der Waals surface area contributed by atoms with Gasteiger partial charge in [-0.15, -0.1) is 0 Å². The first kappa shape index (κ1) is 19.2. The minimum Gasteiger partial charge on any atom is -0.481 e. The fourth-order valence-electron chi connectivity index (χ4n) is 2.00. The molecule has 0 aliphatic heterocycles. The normalized spacial score (nSPS) is 10.3. The Morgan fingerprint density at radius 1 is 1.00 bits per heavy atom. The number of urea groups is 1. The topological polar surface area (TPSA) is 79.5 Å². The third kappa shape index (κ3) is 6.04. The van der Waals surface area contributed by atoms with E-state index >= 15 is 0 Å². The van der Waals surface area contributed by atoms with E-state index < -0.39 is 24.1 Å². The molecule has 0 aliphatic carbocycles. The third-order valence-electron chi connectivity index (χ3n) is 3.10. The van der Waals surface area contributed by atoms with Gasteiger partial charge in [-0.3, -0.25) is 4.79 Å². The zero-order valence-electron chi connectivity index (χ0n) is 14.3. The van der Waals surface area contributed by atoms with E-state index in [1.54, 1.807) is 24.3 Å². The Bertz CT molecular complexity index is 780. The molecule has 0 heterocycles. The molecule has 0 bridgehead atoms. The van der Waals surface area contributed by atoms with Gasteiger partial charge in [0.2, 0.25) is 0 Å². The maximum absolute atomic E-state index is 13.4. The summed E-state index contributed by atoms with van der Waals surface area (Å²) >= 11 is 0. The average molecular weight is 363 g/mol. The molecule has 0 radical (unpaired) electrons. The second kappa shape index (κ2) is 8.80. The molecule has 3 N–H and O–H groups in total. The van der Waals surface area contributed by atoms with Crippen molar-refractivity contribution in [3.63, 3.8) is 0 Å². The van der Waals surface area contributed by atoms with Gasteiger partial charge in [-0.25, -0.2) is 13.6 Å². The van der Waals surface area contributed by atoms with Crippen molar-refractivity contribution in [2.45, 2.75) is 19.9 Å². The molecule has 0 atom stereocenters. The molecule has 2 rings (SSSR count). The molecule has 0 fully saturated rings. The van der Waals surface area contributed by atoms with Crippen LogP contribution in [0, 0.1) is 11.6 Å². The lowest BCUT2D eigenvalue weighted by atomic mass is 10.3. The van der Waals surface area contributed by atoms with Gasteiger partial charge in [0.25, 0.3) is 5.91 Å². The van der Waals surface area contributed by atoms with Crippen LogP contribution in [0.25, 0.3) is 0 Å². The molecule has 6 nitrogen and oxygen atoms in total. The molecule has 0 aromatic heterocycles. The summed E-state index contributed by atoms with van der Waals surface area (Å²) in [6.07, 6.45) is 0. The Morgan fingerprint density at radius 2 is 1.62 bits per heavy atom. The number of rotatable bonds is 6. The van der Waals surface area contributed by atoms with Crippen LogP contribution < -0.4 is 20.7 Å². The van der Waals surface area contributed by atoms with Gasteiger partial charge in [0.1, 0.15) is 5.82 Å². The first-order chi connectivity index (χ1) is 12.3. The van der Waals surface area contributed by atoms with Crippen molar-refractivity contribution in [1.82, 2.24) is 5.32 Å². The Balaban J connectivity index is 1.84. The second-order valence-electron chi connectivity index (χ2n) is 5.74. The van der Waals surface area contributed by atoms with Crippen LogP contribution in [0.5, 0.6) is 5.75 Å². The van der Waals surface area contributed by atoms with E-state index in [2.05, 4.69) is 16.0 Å². The van der Waals surface area contributed by atoms with Crippen molar-refractivity contribution in [2.24, 2.45) is 0 Å². The number of ether oxygens (including phenoxy) is 1. The van der Waals surface area contributed by atoms with Crippen molar-refractivity contribution >= 4 is 23.3 Å². The molecule has 26 heavy (non-hydrogen) atoms. The number of amides is 3. The summed E-state index contributed by atoms with van der Waals surface area (Å²) in [6.45, 7) is 3.26. The smallest absolute Gasteiger partial charge is 0.319 e. The van der Waals surface area contributed by atoms with E-state index in [0.29, 0.717) is 17.4 Å². The number of halogens is 2. The Kier molecular flexibility index (Phi) is 6.48. The molecular weight excluding hydrogens is 344 g/mol. The van der Waals surface area contributed by atoms with Crippen LogP contribution in [0.3, 0.4) is 0 Å². The summed E-state index contributed by atoms with van der Waals surface area (Å²) in [5, 5.41) is 7.91. The highest BCUT2D eigenvalue weighted by Crippen LogP contribution is 2.18. The van der Waals surface area contributed by atoms with Crippen LogP contribution in [0.1, 0.15) is 13.8 Å². The van der Waals surface area contributed by atoms with Gasteiger partial charge in [0.05, 0.1) is 0 Å². The maximum atomic E-state index is 13.4. The van der Waals surface area contributed by atoms with E-state index in [1.165, 1.54) is 0 Å². The molecule has 0 saturated carbocycles. The number of carbonyl (C=O) groups excluding carboxylic acids is 2. The van der Waals surface area contributed by atoms with Gasteiger partial charge in [-0.2, -0.15) is 0 Å². The number of benzene rings is 2. The van der Waals surface area contributed by atoms with Crippen LogP contribution in [0.15, 0.2) is 42.5 Å². The van der Waals surface area contributed by atoms with Crippen LogP contribution in [0.2, 0.25) is 0 Å². The SMILES string of the molecule is CC(C)NC(=O)Nc1ccc(NC(=O)COc2ccc(F)cc2F)cc1. The van der Waals surface area contributed by atoms with E-state index in [4.69, 9.17) is 4.74 Å². The van der Waals surface area contributed by atoms with E-state index in [1.807, 2.05) is 13.8 Å². The van der Waals surface area contributed by atoms with Crippen LogP contribution in [-0.2, 0) is 4.79 Å². The minimum absolute atomic E-state index is 0.0134. The second-order valence-corrected chi connectivity index (χ2v) is 5.74. The highest BCUT2D eigenvalue weighted by Gasteiger charge is 2.09. The van der Waals surface area contributed by atoms with Crippen LogP contribution in [-0.4, -0.2) is 24.6 Å². The van der Waals surface area contributed by atoms with Crippen molar-refractivity contribution < 1.29 is 23.1 Å². The molecular formula is C18H19F2N3O3. The zero-order valence-corrected chi connectivity index (χ0v) is 14.3. The van der Waals surface area contributed by atoms with E-state index in [0.717, 1.165) is 12.1 Å². The van der Waals surface area contributed by atoms with Gasteiger partial charge in [-0.1, -0.05) is 0 Å². The third-order valence-corrected chi connectivity index (χ3v) is 3.10. The van der Waals surface area contributed by atoms with Gasteiger partial charge >= 0.3 is 6.03 Å².